The van der Waals surface area contributed by atoms with Crippen molar-refractivity contribution in [3.8, 4) is 17.2 Å². The van der Waals surface area contributed by atoms with Gasteiger partial charge in [-0.3, -0.25) is 9.36 Å². The van der Waals surface area contributed by atoms with Crippen LogP contribution >= 0.6 is 11.3 Å². The molecule has 4 rings (SSSR count). The van der Waals surface area contributed by atoms with E-state index >= 15 is 0 Å². The van der Waals surface area contributed by atoms with Gasteiger partial charge >= 0.3 is 5.97 Å². The first-order valence-corrected chi connectivity index (χ1v) is 12.7. The Morgan fingerprint density at radius 1 is 1.16 bits per heavy atom. The van der Waals surface area contributed by atoms with Crippen molar-refractivity contribution in [2.45, 2.75) is 26.8 Å². The molecule has 1 unspecified atom stereocenters. The van der Waals surface area contributed by atoms with E-state index in [9.17, 15) is 14.7 Å². The lowest BCUT2D eigenvalue weighted by Gasteiger charge is -2.24. The van der Waals surface area contributed by atoms with Crippen LogP contribution in [0, 0.1) is 0 Å². The number of thiazole rings is 1. The minimum Gasteiger partial charge on any atom is -0.504 e. The van der Waals surface area contributed by atoms with Crippen molar-refractivity contribution in [1.29, 1.82) is 0 Å². The van der Waals surface area contributed by atoms with Crippen LogP contribution in [0.5, 0.6) is 17.2 Å². The monoisotopic (exact) mass is 520 g/mol. The van der Waals surface area contributed by atoms with Crippen LogP contribution in [-0.4, -0.2) is 35.5 Å². The molecule has 0 saturated heterocycles. The first-order chi connectivity index (χ1) is 17.9. The highest BCUT2D eigenvalue weighted by Gasteiger charge is 2.33. The van der Waals surface area contributed by atoms with Gasteiger partial charge in [0.25, 0.3) is 5.56 Å². The maximum Gasteiger partial charge on any atom is 0.338 e. The molecule has 192 valence electrons. The molecule has 0 fully saturated rings. The summed E-state index contributed by atoms with van der Waals surface area (Å²) in [6, 6.07) is 11.4. The number of allylic oxidation sites excluding steroid dienone is 1. The third-order valence-electron chi connectivity index (χ3n) is 5.66. The Morgan fingerprint density at radius 3 is 2.59 bits per heavy atom. The molecule has 37 heavy (non-hydrogen) atoms. The van der Waals surface area contributed by atoms with Crippen LogP contribution in [0.15, 0.2) is 76.2 Å². The van der Waals surface area contributed by atoms with E-state index in [1.54, 1.807) is 50.3 Å². The molecule has 8 nitrogen and oxygen atoms in total. The van der Waals surface area contributed by atoms with Gasteiger partial charge in [0.1, 0.15) is 12.4 Å². The summed E-state index contributed by atoms with van der Waals surface area (Å²) in [5.74, 6) is 0.485. The quantitative estimate of drug-likeness (QED) is 0.343. The number of aromatic hydroxyl groups is 1. The van der Waals surface area contributed by atoms with E-state index in [1.807, 2.05) is 19.1 Å². The van der Waals surface area contributed by atoms with E-state index < -0.39 is 12.0 Å². The lowest BCUT2D eigenvalue weighted by Crippen LogP contribution is -2.39. The van der Waals surface area contributed by atoms with E-state index in [1.165, 1.54) is 22.0 Å². The summed E-state index contributed by atoms with van der Waals surface area (Å²) in [7, 11) is 0. The van der Waals surface area contributed by atoms with Gasteiger partial charge in [0.05, 0.1) is 35.1 Å². The predicted molar refractivity (Wildman–Crippen MR) is 142 cm³/mol. The smallest absolute Gasteiger partial charge is 0.338 e. The number of hydrogen-bond donors (Lipinski definition) is 1. The lowest BCUT2D eigenvalue weighted by atomic mass is 9.96. The number of hydrogen-bond acceptors (Lipinski definition) is 8. The van der Waals surface area contributed by atoms with Crippen LogP contribution in [0.1, 0.15) is 37.9 Å². The standard InChI is InChI=1S/C28H28N2O6S/c1-5-14-36-20-11-9-19(10-12-20)25-24(27(33)35-7-3)17(4)29-28-30(25)26(32)23(37-28)16-18-8-13-21(31)22(15-18)34-6-2/h5,8-13,15-16,25,31H,1,6-7,14H2,2-4H3. The molecule has 1 aromatic heterocycles. The van der Waals surface area contributed by atoms with Crippen LogP contribution in [0.4, 0.5) is 0 Å². The molecule has 3 aromatic rings. The molecule has 9 heteroatoms. The van der Waals surface area contributed by atoms with E-state index in [-0.39, 0.29) is 17.9 Å². The van der Waals surface area contributed by atoms with Crippen LogP contribution < -0.4 is 24.4 Å². The molecule has 1 atom stereocenters. The van der Waals surface area contributed by atoms with Gasteiger partial charge in [-0.2, -0.15) is 0 Å². The van der Waals surface area contributed by atoms with Gasteiger partial charge in [-0.15, -0.1) is 0 Å². The van der Waals surface area contributed by atoms with E-state index in [0.717, 1.165) is 5.56 Å². The molecule has 0 bridgehead atoms. The third kappa shape index (κ3) is 5.36. The van der Waals surface area contributed by atoms with Crippen molar-refractivity contribution < 1.29 is 24.1 Å². The Balaban J connectivity index is 1.87. The molecule has 0 amide bonds. The van der Waals surface area contributed by atoms with Crippen molar-refractivity contribution in [1.82, 2.24) is 4.57 Å². The van der Waals surface area contributed by atoms with Crippen molar-refractivity contribution in [3.63, 3.8) is 0 Å². The van der Waals surface area contributed by atoms with E-state index in [4.69, 9.17) is 14.2 Å². The van der Waals surface area contributed by atoms with Gasteiger partial charge < -0.3 is 19.3 Å². The molecule has 0 radical (unpaired) electrons. The highest BCUT2D eigenvalue weighted by molar-refractivity contribution is 7.07. The number of esters is 1. The zero-order chi connectivity index (χ0) is 26.5. The van der Waals surface area contributed by atoms with Crippen molar-refractivity contribution in [2.75, 3.05) is 19.8 Å². The number of carbonyl (C=O) groups is 1. The summed E-state index contributed by atoms with van der Waals surface area (Å²) in [4.78, 5) is 31.8. The fraction of sp³-hybridized carbons (Fsp3) is 0.250. The summed E-state index contributed by atoms with van der Waals surface area (Å²) >= 11 is 1.23. The number of aromatic nitrogens is 1. The SMILES string of the molecule is C=CCOc1ccc(C2C(C(=O)OCC)=C(C)N=c3sc(=Cc4ccc(O)c(OCC)c4)c(=O)n32)cc1. The Hall–Kier alpha value is -4.11. The predicted octanol–water partition coefficient (Wildman–Crippen LogP) is 3.47. The number of phenols is 1. The summed E-state index contributed by atoms with van der Waals surface area (Å²) in [6.07, 6.45) is 3.38. The second-order valence-corrected chi connectivity index (χ2v) is 9.14. The molecule has 1 N–H and O–H groups in total. The van der Waals surface area contributed by atoms with Crippen LogP contribution in [0.3, 0.4) is 0 Å². The molecule has 2 aromatic carbocycles. The zero-order valence-corrected chi connectivity index (χ0v) is 21.7. The van der Waals surface area contributed by atoms with Crippen LogP contribution in [0.25, 0.3) is 6.08 Å². The minimum atomic E-state index is -0.718. The maximum atomic E-state index is 13.7. The Bertz CT molecular complexity index is 1530. The van der Waals surface area contributed by atoms with Gasteiger partial charge in [-0.05, 0) is 62.2 Å². The maximum absolute atomic E-state index is 13.7. The van der Waals surface area contributed by atoms with Gasteiger partial charge in [-0.25, -0.2) is 9.79 Å². The van der Waals surface area contributed by atoms with Gasteiger partial charge in [0.15, 0.2) is 16.3 Å². The number of ether oxygens (including phenoxy) is 3. The van der Waals surface area contributed by atoms with Crippen LogP contribution in [-0.2, 0) is 9.53 Å². The second-order valence-electron chi connectivity index (χ2n) is 8.13. The van der Waals surface area contributed by atoms with E-state index in [2.05, 4.69) is 11.6 Å². The van der Waals surface area contributed by atoms with Crippen LogP contribution in [0.2, 0.25) is 0 Å². The summed E-state index contributed by atoms with van der Waals surface area (Å²) in [5.41, 5.74) is 1.92. The molecular formula is C28H28N2O6S. The Kier molecular flexibility index (Phi) is 7.93. The summed E-state index contributed by atoms with van der Waals surface area (Å²) in [5, 5.41) is 10.0. The van der Waals surface area contributed by atoms with Gasteiger partial charge in [-0.1, -0.05) is 42.2 Å². The molecule has 1 aliphatic heterocycles. The molecule has 0 spiro atoms. The number of fused-ring (bicyclic) bond motifs is 1. The number of rotatable bonds is 9. The first-order valence-electron chi connectivity index (χ1n) is 11.9. The minimum absolute atomic E-state index is 0.0238. The zero-order valence-electron chi connectivity index (χ0n) is 20.9. The fourth-order valence-corrected chi connectivity index (χ4v) is 5.10. The highest BCUT2D eigenvalue weighted by atomic mass is 32.1. The van der Waals surface area contributed by atoms with Gasteiger partial charge in [0, 0.05) is 0 Å². The average molecular weight is 521 g/mol. The lowest BCUT2D eigenvalue weighted by molar-refractivity contribution is -0.139. The Labute approximate surface area is 218 Å². The molecule has 0 saturated carbocycles. The normalized spacial score (nSPS) is 15.1. The number of phenolic OH excluding ortho intramolecular Hbond substituents is 1. The second kappa shape index (κ2) is 11.3. The number of carbonyl (C=O) groups excluding carboxylic acids is 1. The van der Waals surface area contributed by atoms with Crippen molar-refractivity contribution in [2.24, 2.45) is 4.99 Å². The summed E-state index contributed by atoms with van der Waals surface area (Å²) in [6.45, 7) is 9.92. The molecule has 2 heterocycles. The van der Waals surface area contributed by atoms with Crippen molar-refractivity contribution >= 4 is 23.4 Å². The number of benzene rings is 2. The topological polar surface area (TPSA) is 99.4 Å². The first kappa shape index (κ1) is 26.0. The largest absolute Gasteiger partial charge is 0.504 e. The Morgan fingerprint density at radius 2 is 1.92 bits per heavy atom. The average Bonchev–Trinajstić information content (AvgIpc) is 3.18. The van der Waals surface area contributed by atoms with E-state index in [0.29, 0.717) is 50.9 Å². The fourth-order valence-electron chi connectivity index (χ4n) is 4.05. The molecule has 1 aliphatic rings. The third-order valence-corrected chi connectivity index (χ3v) is 6.65. The van der Waals surface area contributed by atoms with Crippen molar-refractivity contribution in [3.05, 3.63) is 97.2 Å². The highest BCUT2D eigenvalue weighted by Crippen LogP contribution is 2.32. The number of nitrogens with zero attached hydrogens (tertiary/aromatic N) is 2. The molecule has 0 aliphatic carbocycles. The van der Waals surface area contributed by atoms with Gasteiger partial charge in [0.2, 0.25) is 0 Å². The molecular weight excluding hydrogens is 492 g/mol. The summed E-state index contributed by atoms with van der Waals surface area (Å²) < 4.78 is 18.4.